The Kier molecular flexibility index (Phi) is 8.37. The van der Waals surface area contributed by atoms with Gasteiger partial charge in [-0.25, -0.2) is 0 Å². The molecule has 4 atom stereocenters. The monoisotopic (exact) mass is 588 g/mol. The zero-order chi connectivity index (χ0) is 28.6. The Hall–Kier alpha value is -3.11. The maximum absolute atomic E-state index is 13.8. The molecule has 212 valence electrons. The standard InChI is InChI=1S/C29H30Cl2N2O7/c1-39-23-10-15(14-35)9-19-24-20(28(37)32-7-8-34)12-22(25(36)27(24)40-26(19)23)33(29(38)16-3-2-4-16)13-17-5-6-18(30)11-21(17)31/h5-6,9-12,14,16,22,24-25,27,34,36H,2-4,7-8,13H2,1H3,(H,32,37)/t22-,24+,25+,27+/m1/s1. The largest absolute Gasteiger partial charge is 0.493 e. The first-order valence-electron chi connectivity index (χ1n) is 13.1. The van der Waals surface area contributed by atoms with E-state index < -0.39 is 30.1 Å². The van der Waals surface area contributed by atoms with Gasteiger partial charge >= 0.3 is 0 Å². The molecule has 2 aromatic rings. The first-order chi connectivity index (χ1) is 19.3. The van der Waals surface area contributed by atoms with Crippen molar-refractivity contribution in [2.24, 2.45) is 5.92 Å². The summed E-state index contributed by atoms with van der Waals surface area (Å²) in [4.78, 5) is 40.4. The van der Waals surface area contributed by atoms with Crippen LogP contribution >= 0.6 is 23.2 Å². The first-order valence-corrected chi connectivity index (χ1v) is 13.9. The highest BCUT2D eigenvalue weighted by Gasteiger charge is 2.52. The quantitative estimate of drug-likeness (QED) is 0.384. The van der Waals surface area contributed by atoms with Crippen molar-refractivity contribution in [3.8, 4) is 11.5 Å². The molecule has 0 bridgehead atoms. The first kappa shape index (κ1) is 28.4. The van der Waals surface area contributed by atoms with Gasteiger partial charge in [-0.1, -0.05) is 35.7 Å². The second kappa shape index (κ2) is 11.8. The van der Waals surface area contributed by atoms with Crippen molar-refractivity contribution in [2.75, 3.05) is 20.3 Å². The number of aliphatic hydroxyl groups excluding tert-OH is 2. The van der Waals surface area contributed by atoms with E-state index in [1.165, 1.54) is 13.2 Å². The summed E-state index contributed by atoms with van der Waals surface area (Å²) >= 11 is 12.6. The highest BCUT2D eigenvalue weighted by atomic mass is 35.5. The lowest BCUT2D eigenvalue weighted by molar-refractivity contribution is -0.145. The van der Waals surface area contributed by atoms with Crippen molar-refractivity contribution in [2.45, 2.75) is 50.0 Å². The Morgan fingerprint density at radius 1 is 1.23 bits per heavy atom. The number of ether oxygens (including phenoxy) is 2. The molecular weight excluding hydrogens is 559 g/mol. The van der Waals surface area contributed by atoms with Crippen LogP contribution in [0.3, 0.4) is 0 Å². The van der Waals surface area contributed by atoms with Gasteiger partial charge in [0.05, 0.1) is 25.7 Å². The zero-order valence-corrected chi connectivity index (χ0v) is 23.3. The maximum atomic E-state index is 13.8. The Morgan fingerprint density at radius 3 is 2.62 bits per heavy atom. The van der Waals surface area contributed by atoms with E-state index in [9.17, 15) is 24.6 Å². The van der Waals surface area contributed by atoms with Crippen molar-refractivity contribution in [1.29, 1.82) is 0 Å². The van der Waals surface area contributed by atoms with Gasteiger partial charge < -0.3 is 29.9 Å². The molecule has 9 nitrogen and oxygen atoms in total. The summed E-state index contributed by atoms with van der Waals surface area (Å²) in [5.41, 5.74) is 1.74. The molecule has 2 aromatic carbocycles. The number of benzene rings is 2. The van der Waals surface area contributed by atoms with Gasteiger partial charge in [-0.2, -0.15) is 0 Å². The van der Waals surface area contributed by atoms with Gasteiger partial charge in [0.15, 0.2) is 11.5 Å². The third-order valence-electron chi connectivity index (χ3n) is 7.86. The highest BCUT2D eigenvalue weighted by molar-refractivity contribution is 6.35. The van der Waals surface area contributed by atoms with Gasteiger partial charge in [0.1, 0.15) is 18.5 Å². The molecule has 0 radical (unpaired) electrons. The van der Waals surface area contributed by atoms with Crippen LogP contribution in [0.5, 0.6) is 11.5 Å². The second-order valence-electron chi connectivity index (χ2n) is 10.2. The molecule has 11 heteroatoms. The third kappa shape index (κ3) is 5.19. The fraction of sp³-hybridized carbons (Fsp3) is 0.414. The highest BCUT2D eigenvalue weighted by Crippen LogP contribution is 2.51. The number of hydrogen-bond donors (Lipinski definition) is 3. The average molecular weight is 589 g/mol. The molecule has 3 aliphatic rings. The SMILES string of the molecule is COc1cc(C=O)cc2c1O[C@@H]1[C@@H](O)[C@H](N(Cc3ccc(Cl)cc3Cl)C(=O)C3CCC3)C=C(C(=O)NCCO)[C@H]21. The molecule has 0 spiro atoms. The van der Waals surface area contributed by atoms with Gasteiger partial charge in [-0.3, -0.25) is 14.4 Å². The van der Waals surface area contributed by atoms with Crippen LogP contribution < -0.4 is 14.8 Å². The minimum atomic E-state index is -1.23. The van der Waals surface area contributed by atoms with Crippen molar-refractivity contribution < 1.29 is 34.1 Å². The number of aliphatic hydroxyl groups is 2. The smallest absolute Gasteiger partial charge is 0.247 e. The van der Waals surface area contributed by atoms with Crippen LogP contribution in [0.25, 0.3) is 0 Å². The lowest BCUT2D eigenvalue weighted by atomic mass is 9.76. The van der Waals surface area contributed by atoms with Gasteiger partial charge in [-0.05, 0) is 48.7 Å². The van der Waals surface area contributed by atoms with Crippen LogP contribution in [0, 0.1) is 5.92 Å². The third-order valence-corrected chi connectivity index (χ3v) is 8.45. The van der Waals surface area contributed by atoms with Crippen LogP contribution in [0.2, 0.25) is 10.0 Å². The molecule has 0 saturated heterocycles. The summed E-state index contributed by atoms with van der Waals surface area (Å²) in [5.74, 6) is -0.957. The van der Waals surface area contributed by atoms with Crippen molar-refractivity contribution >= 4 is 41.3 Å². The van der Waals surface area contributed by atoms with Gasteiger partial charge in [0.2, 0.25) is 11.8 Å². The number of hydrogen-bond acceptors (Lipinski definition) is 7. The Morgan fingerprint density at radius 2 is 2.00 bits per heavy atom. The van der Waals surface area contributed by atoms with E-state index >= 15 is 0 Å². The van der Waals surface area contributed by atoms with E-state index in [0.29, 0.717) is 44.5 Å². The topological polar surface area (TPSA) is 125 Å². The Labute approximate surface area is 241 Å². The number of carbonyl (C=O) groups excluding carboxylic acids is 3. The van der Waals surface area contributed by atoms with E-state index in [0.717, 1.165) is 19.3 Å². The molecule has 1 saturated carbocycles. The number of amides is 2. The Balaban J connectivity index is 1.61. The van der Waals surface area contributed by atoms with Crippen LogP contribution in [0.1, 0.15) is 46.7 Å². The summed E-state index contributed by atoms with van der Waals surface area (Å²) in [6, 6.07) is 7.21. The number of methoxy groups -OCH3 is 1. The summed E-state index contributed by atoms with van der Waals surface area (Å²) in [5, 5.41) is 24.6. The number of rotatable bonds is 9. The number of carbonyl (C=O) groups is 3. The van der Waals surface area contributed by atoms with Crippen LogP contribution in [0.15, 0.2) is 42.0 Å². The maximum Gasteiger partial charge on any atom is 0.247 e. The fourth-order valence-electron chi connectivity index (χ4n) is 5.61. The summed E-state index contributed by atoms with van der Waals surface area (Å²) in [6.45, 7) is -0.175. The number of fused-ring (bicyclic) bond motifs is 3. The molecule has 0 unspecified atom stereocenters. The van der Waals surface area contributed by atoms with Crippen molar-refractivity contribution in [1.82, 2.24) is 10.2 Å². The summed E-state index contributed by atoms with van der Waals surface area (Å²) in [7, 11) is 1.44. The fourth-order valence-corrected chi connectivity index (χ4v) is 6.08. The van der Waals surface area contributed by atoms with Crippen molar-refractivity contribution in [3.05, 3.63) is 68.7 Å². The van der Waals surface area contributed by atoms with E-state index in [-0.39, 0.29) is 37.1 Å². The van der Waals surface area contributed by atoms with E-state index in [4.69, 9.17) is 32.7 Å². The second-order valence-corrected chi connectivity index (χ2v) is 11.1. The zero-order valence-electron chi connectivity index (χ0n) is 21.8. The number of nitrogens with one attached hydrogen (secondary N) is 1. The minimum absolute atomic E-state index is 0.0112. The predicted molar refractivity (Wildman–Crippen MR) is 148 cm³/mol. The van der Waals surface area contributed by atoms with E-state index in [1.807, 2.05) is 0 Å². The predicted octanol–water partition coefficient (Wildman–Crippen LogP) is 3.27. The lowest BCUT2D eigenvalue weighted by Gasteiger charge is -2.43. The molecule has 2 aliphatic carbocycles. The van der Waals surface area contributed by atoms with Crippen molar-refractivity contribution in [3.63, 3.8) is 0 Å². The van der Waals surface area contributed by atoms with E-state index in [2.05, 4.69) is 5.32 Å². The number of halogens is 2. The van der Waals surface area contributed by atoms with Crippen LogP contribution in [-0.4, -0.2) is 71.7 Å². The normalized spacial score (nSPS) is 23.2. The minimum Gasteiger partial charge on any atom is -0.493 e. The summed E-state index contributed by atoms with van der Waals surface area (Å²) in [6.07, 6.45) is 2.49. The number of nitrogens with zero attached hydrogens (tertiary/aromatic N) is 1. The average Bonchev–Trinajstić information content (AvgIpc) is 3.30. The Bertz CT molecular complexity index is 1360. The molecule has 40 heavy (non-hydrogen) atoms. The van der Waals surface area contributed by atoms with Crippen LogP contribution in [-0.2, 0) is 16.1 Å². The van der Waals surface area contributed by atoms with Gasteiger partial charge in [0.25, 0.3) is 0 Å². The molecule has 1 heterocycles. The molecule has 3 N–H and O–H groups in total. The lowest BCUT2D eigenvalue weighted by Crippen LogP contribution is -2.56. The van der Waals surface area contributed by atoms with Gasteiger partial charge in [-0.15, -0.1) is 0 Å². The number of aldehydes is 1. The molecule has 1 aliphatic heterocycles. The van der Waals surface area contributed by atoms with Gasteiger partial charge in [0, 0.05) is 45.8 Å². The molecule has 0 aromatic heterocycles. The molecule has 1 fully saturated rings. The molecule has 2 amide bonds. The molecule has 5 rings (SSSR count). The van der Waals surface area contributed by atoms with E-state index in [1.54, 1.807) is 35.2 Å². The summed E-state index contributed by atoms with van der Waals surface area (Å²) < 4.78 is 11.7. The molecular formula is C29H30Cl2N2O7. The van der Waals surface area contributed by atoms with Crippen LogP contribution in [0.4, 0.5) is 0 Å².